The van der Waals surface area contributed by atoms with Gasteiger partial charge in [-0.25, -0.2) is 0 Å². The van der Waals surface area contributed by atoms with Crippen molar-refractivity contribution in [3.05, 3.63) is 57.6 Å². The number of nitrogens with zero attached hydrogens (tertiary/aromatic N) is 1. The minimum atomic E-state index is -0.302. The molecule has 0 saturated heterocycles. The maximum absolute atomic E-state index is 12.5. The van der Waals surface area contributed by atoms with Crippen LogP contribution >= 0.6 is 15.9 Å². The molecule has 0 saturated carbocycles. The number of carbonyl (C=O) groups excluding carboxylic acids is 1. The Hall–Kier alpha value is -2.01. The van der Waals surface area contributed by atoms with E-state index in [2.05, 4.69) is 22.9 Å². The monoisotopic (exact) mass is 363 g/mol. The SMILES string of the molecule is CCc1ccccc1CN(C)C(=O)c1cc(Br)c(O)cc1O. The Bertz CT molecular complexity index is 700. The largest absolute Gasteiger partial charge is 0.507 e. The fourth-order valence-electron chi connectivity index (χ4n) is 2.31. The molecular weight excluding hydrogens is 346 g/mol. The highest BCUT2D eigenvalue weighted by Gasteiger charge is 2.18. The molecule has 0 fully saturated rings. The summed E-state index contributed by atoms with van der Waals surface area (Å²) in [6.07, 6.45) is 0.897. The Labute approximate surface area is 138 Å². The zero-order valence-electron chi connectivity index (χ0n) is 12.5. The molecule has 0 radical (unpaired) electrons. The van der Waals surface area contributed by atoms with Crippen LogP contribution in [0, 0.1) is 0 Å². The van der Waals surface area contributed by atoms with Gasteiger partial charge in [0.25, 0.3) is 5.91 Å². The highest BCUT2D eigenvalue weighted by molar-refractivity contribution is 9.10. The number of hydrogen-bond acceptors (Lipinski definition) is 3. The maximum atomic E-state index is 12.5. The Morgan fingerprint density at radius 1 is 1.14 bits per heavy atom. The molecular formula is C17H18BrNO3. The molecule has 0 spiro atoms. The van der Waals surface area contributed by atoms with Crippen LogP contribution in [0.1, 0.15) is 28.4 Å². The van der Waals surface area contributed by atoms with Crippen LogP contribution in [0.5, 0.6) is 11.5 Å². The summed E-state index contributed by atoms with van der Waals surface area (Å²) in [7, 11) is 1.69. The van der Waals surface area contributed by atoms with E-state index in [9.17, 15) is 15.0 Å². The van der Waals surface area contributed by atoms with Gasteiger partial charge >= 0.3 is 0 Å². The lowest BCUT2D eigenvalue weighted by atomic mass is 10.0. The normalized spacial score (nSPS) is 10.5. The quantitative estimate of drug-likeness (QED) is 0.870. The van der Waals surface area contributed by atoms with Crippen molar-refractivity contribution in [1.29, 1.82) is 0 Å². The minimum absolute atomic E-state index is 0.104. The van der Waals surface area contributed by atoms with E-state index >= 15 is 0 Å². The fourth-order valence-corrected chi connectivity index (χ4v) is 2.66. The molecule has 2 N–H and O–H groups in total. The summed E-state index contributed by atoms with van der Waals surface area (Å²) < 4.78 is 0.371. The Morgan fingerprint density at radius 2 is 1.77 bits per heavy atom. The summed E-state index contributed by atoms with van der Waals surface area (Å²) in [4.78, 5) is 14.0. The number of phenolic OH excluding ortho intramolecular Hbond substituents is 2. The van der Waals surface area contributed by atoms with E-state index in [4.69, 9.17) is 0 Å². The fraction of sp³-hybridized carbons (Fsp3) is 0.235. The summed E-state index contributed by atoms with van der Waals surface area (Å²) in [5, 5.41) is 19.4. The second-order valence-electron chi connectivity index (χ2n) is 5.10. The van der Waals surface area contributed by atoms with Crippen LogP contribution in [0.4, 0.5) is 0 Å². The van der Waals surface area contributed by atoms with Gasteiger partial charge in [-0.05, 0) is 39.5 Å². The van der Waals surface area contributed by atoms with E-state index in [1.165, 1.54) is 11.6 Å². The number of carbonyl (C=O) groups is 1. The van der Waals surface area contributed by atoms with E-state index < -0.39 is 0 Å². The van der Waals surface area contributed by atoms with E-state index in [1.807, 2.05) is 24.3 Å². The molecule has 0 aromatic heterocycles. The van der Waals surface area contributed by atoms with Crippen LogP contribution in [0.2, 0.25) is 0 Å². The van der Waals surface area contributed by atoms with E-state index in [-0.39, 0.29) is 23.0 Å². The van der Waals surface area contributed by atoms with Crippen molar-refractivity contribution in [3.8, 4) is 11.5 Å². The lowest BCUT2D eigenvalue weighted by Gasteiger charge is -2.20. The van der Waals surface area contributed by atoms with Gasteiger partial charge in [-0.2, -0.15) is 0 Å². The highest BCUT2D eigenvalue weighted by atomic mass is 79.9. The first-order valence-corrected chi connectivity index (χ1v) is 7.77. The minimum Gasteiger partial charge on any atom is -0.507 e. The molecule has 0 aliphatic carbocycles. The van der Waals surface area contributed by atoms with Crippen molar-refractivity contribution in [2.24, 2.45) is 0 Å². The van der Waals surface area contributed by atoms with Crippen molar-refractivity contribution < 1.29 is 15.0 Å². The molecule has 0 unspecified atom stereocenters. The van der Waals surface area contributed by atoms with Gasteiger partial charge in [0.15, 0.2) is 0 Å². The predicted octanol–water partition coefficient (Wildman–Crippen LogP) is 3.69. The summed E-state index contributed by atoms with van der Waals surface area (Å²) in [5.74, 6) is -0.640. The highest BCUT2D eigenvalue weighted by Crippen LogP contribution is 2.32. The number of aryl methyl sites for hydroxylation is 1. The summed E-state index contributed by atoms with van der Waals surface area (Å²) in [5.41, 5.74) is 2.43. The molecule has 0 aliphatic heterocycles. The molecule has 22 heavy (non-hydrogen) atoms. The van der Waals surface area contributed by atoms with Gasteiger partial charge < -0.3 is 15.1 Å². The predicted molar refractivity (Wildman–Crippen MR) is 89.1 cm³/mol. The third kappa shape index (κ3) is 3.42. The number of rotatable bonds is 4. The zero-order chi connectivity index (χ0) is 16.3. The average Bonchev–Trinajstić information content (AvgIpc) is 2.50. The number of benzene rings is 2. The summed E-state index contributed by atoms with van der Waals surface area (Å²) in [6.45, 7) is 2.53. The standard InChI is InChI=1S/C17H18BrNO3/c1-3-11-6-4-5-7-12(11)10-19(2)17(22)13-8-14(18)16(21)9-15(13)20/h4-9,20-21H,3,10H2,1-2H3. The van der Waals surface area contributed by atoms with Crippen LogP contribution in [0.25, 0.3) is 0 Å². The van der Waals surface area contributed by atoms with Crippen molar-refractivity contribution in [1.82, 2.24) is 4.90 Å². The van der Waals surface area contributed by atoms with Crippen LogP contribution in [-0.4, -0.2) is 28.1 Å². The lowest BCUT2D eigenvalue weighted by Crippen LogP contribution is -2.26. The summed E-state index contributed by atoms with van der Waals surface area (Å²) >= 11 is 3.16. The molecule has 0 atom stereocenters. The first-order valence-electron chi connectivity index (χ1n) is 6.97. The summed E-state index contributed by atoms with van der Waals surface area (Å²) in [6, 6.07) is 10.5. The van der Waals surface area contributed by atoms with E-state index in [0.29, 0.717) is 11.0 Å². The van der Waals surface area contributed by atoms with Gasteiger partial charge in [-0.1, -0.05) is 31.2 Å². The van der Waals surface area contributed by atoms with Crippen LogP contribution in [0.15, 0.2) is 40.9 Å². The Kier molecular flexibility index (Phi) is 5.08. The van der Waals surface area contributed by atoms with Crippen LogP contribution in [0.3, 0.4) is 0 Å². The molecule has 0 heterocycles. The van der Waals surface area contributed by atoms with Crippen LogP contribution < -0.4 is 0 Å². The number of hydrogen-bond donors (Lipinski definition) is 2. The Morgan fingerprint density at radius 3 is 2.41 bits per heavy atom. The van der Waals surface area contributed by atoms with Crippen molar-refractivity contribution in [3.63, 3.8) is 0 Å². The van der Waals surface area contributed by atoms with Gasteiger partial charge in [0, 0.05) is 19.7 Å². The average molecular weight is 364 g/mol. The number of halogens is 1. The van der Waals surface area contributed by atoms with Gasteiger partial charge in [0.2, 0.25) is 0 Å². The molecule has 0 aliphatic rings. The topological polar surface area (TPSA) is 60.8 Å². The molecule has 0 bridgehead atoms. The van der Waals surface area contributed by atoms with Crippen LogP contribution in [-0.2, 0) is 13.0 Å². The molecule has 5 heteroatoms. The van der Waals surface area contributed by atoms with Crippen molar-refractivity contribution in [2.45, 2.75) is 19.9 Å². The molecule has 116 valence electrons. The zero-order valence-corrected chi connectivity index (χ0v) is 14.1. The third-order valence-corrected chi connectivity index (χ3v) is 4.18. The van der Waals surface area contributed by atoms with Gasteiger partial charge in [-0.15, -0.1) is 0 Å². The molecule has 2 aromatic rings. The van der Waals surface area contributed by atoms with E-state index in [1.54, 1.807) is 11.9 Å². The first-order chi connectivity index (χ1) is 10.4. The lowest BCUT2D eigenvalue weighted by molar-refractivity contribution is 0.0781. The third-order valence-electron chi connectivity index (χ3n) is 3.55. The molecule has 2 rings (SSSR count). The second kappa shape index (κ2) is 6.83. The number of phenols is 2. The van der Waals surface area contributed by atoms with Gasteiger partial charge in [-0.3, -0.25) is 4.79 Å². The molecule has 2 aromatic carbocycles. The van der Waals surface area contributed by atoms with Crippen molar-refractivity contribution in [2.75, 3.05) is 7.05 Å². The maximum Gasteiger partial charge on any atom is 0.257 e. The number of aromatic hydroxyl groups is 2. The second-order valence-corrected chi connectivity index (χ2v) is 5.96. The van der Waals surface area contributed by atoms with Gasteiger partial charge in [0.1, 0.15) is 11.5 Å². The smallest absolute Gasteiger partial charge is 0.257 e. The molecule has 4 nitrogen and oxygen atoms in total. The van der Waals surface area contributed by atoms with E-state index in [0.717, 1.165) is 18.1 Å². The number of amides is 1. The first kappa shape index (κ1) is 16.4. The molecule has 1 amide bonds. The van der Waals surface area contributed by atoms with Gasteiger partial charge in [0.05, 0.1) is 10.0 Å². The van der Waals surface area contributed by atoms with Crippen molar-refractivity contribution >= 4 is 21.8 Å². The Balaban J connectivity index is 2.24.